The fraction of sp³-hybridized carbons (Fsp3) is 0.0667. The van der Waals surface area contributed by atoms with Gasteiger partial charge in [-0.25, -0.2) is 4.79 Å². The number of nitrogens with one attached hydrogen (secondary N) is 1. The van der Waals surface area contributed by atoms with Crippen LogP contribution in [0.2, 0.25) is 5.02 Å². The molecule has 0 atom stereocenters. The van der Waals surface area contributed by atoms with E-state index in [0.29, 0.717) is 12.1 Å². The van der Waals surface area contributed by atoms with Crippen LogP contribution in [0.15, 0.2) is 36.4 Å². The number of hydrogen-bond donors (Lipinski definition) is 2. The highest BCUT2D eigenvalue weighted by atomic mass is 35.5. The van der Waals surface area contributed by atoms with E-state index < -0.39 is 45.4 Å². The Hall–Kier alpha value is -3.14. The third-order valence-electron chi connectivity index (χ3n) is 3.18. The molecule has 7 nitrogen and oxygen atoms in total. The number of nitro benzene ring substituents is 1. The average molecular weight is 389 g/mol. The first kappa shape index (κ1) is 19.2. The predicted octanol–water partition coefficient (Wildman–Crippen LogP) is 4.22. The van der Waals surface area contributed by atoms with Gasteiger partial charge in [0.05, 0.1) is 21.7 Å². The van der Waals surface area contributed by atoms with Crippen LogP contribution in [-0.4, -0.2) is 21.9 Å². The molecule has 2 aromatic carbocycles. The van der Waals surface area contributed by atoms with E-state index >= 15 is 0 Å². The Kier molecular flexibility index (Phi) is 5.17. The van der Waals surface area contributed by atoms with Gasteiger partial charge < -0.3 is 10.4 Å². The van der Waals surface area contributed by atoms with Gasteiger partial charge in [-0.05, 0) is 24.3 Å². The van der Waals surface area contributed by atoms with E-state index in [1.165, 1.54) is 0 Å². The minimum Gasteiger partial charge on any atom is -0.478 e. The van der Waals surface area contributed by atoms with Crippen LogP contribution in [0.4, 0.5) is 24.5 Å². The molecule has 1 amide bonds. The van der Waals surface area contributed by atoms with E-state index in [1.807, 2.05) is 0 Å². The third-order valence-corrected chi connectivity index (χ3v) is 3.40. The summed E-state index contributed by atoms with van der Waals surface area (Å²) in [6.45, 7) is 0. The highest BCUT2D eigenvalue weighted by Gasteiger charge is 2.32. The van der Waals surface area contributed by atoms with Crippen molar-refractivity contribution in [2.45, 2.75) is 6.18 Å². The smallest absolute Gasteiger partial charge is 0.416 e. The molecule has 0 radical (unpaired) electrons. The lowest BCUT2D eigenvalue weighted by atomic mass is 10.1. The molecule has 0 aromatic heterocycles. The number of nitrogens with zero attached hydrogens (tertiary/aromatic N) is 1. The normalized spacial score (nSPS) is 11.1. The van der Waals surface area contributed by atoms with Crippen LogP contribution in [0.5, 0.6) is 0 Å². The molecule has 0 fully saturated rings. The molecule has 0 saturated carbocycles. The molecule has 2 aromatic rings. The van der Waals surface area contributed by atoms with Crippen molar-refractivity contribution in [1.82, 2.24) is 0 Å². The number of anilines is 1. The van der Waals surface area contributed by atoms with Crippen LogP contribution < -0.4 is 5.32 Å². The molecule has 136 valence electrons. The van der Waals surface area contributed by atoms with Crippen LogP contribution >= 0.6 is 11.6 Å². The standard InChI is InChI=1S/C15H8ClF3N2O5/c16-9-4-7(3-8(5-9)15(17,18)19)13(22)20-12-2-1-10(21(25)26)6-11(12)14(23)24/h1-6H,(H,20,22)(H,23,24). The molecule has 11 heteroatoms. The zero-order valence-electron chi connectivity index (χ0n) is 12.5. The lowest BCUT2D eigenvalue weighted by Crippen LogP contribution is -2.16. The lowest BCUT2D eigenvalue weighted by molar-refractivity contribution is -0.384. The highest BCUT2D eigenvalue weighted by molar-refractivity contribution is 6.31. The zero-order valence-corrected chi connectivity index (χ0v) is 13.3. The molecule has 2 rings (SSSR count). The summed E-state index contributed by atoms with van der Waals surface area (Å²) in [6, 6.07) is 4.78. The first-order valence-corrected chi connectivity index (χ1v) is 7.07. The van der Waals surface area contributed by atoms with Crippen molar-refractivity contribution in [2.75, 3.05) is 5.32 Å². The van der Waals surface area contributed by atoms with E-state index in [1.54, 1.807) is 0 Å². The van der Waals surface area contributed by atoms with Gasteiger partial charge in [0, 0.05) is 22.7 Å². The van der Waals surface area contributed by atoms with Gasteiger partial charge in [0.1, 0.15) is 0 Å². The number of non-ortho nitro benzene ring substituents is 1. The molecular weight excluding hydrogens is 381 g/mol. The molecule has 0 spiro atoms. The summed E-state index contributed by atoms with van der Waals surface area (Å²) in [5.74, 6) is -2.62. The van der Waals surface area contributed by atoms with Crippen molar-refractivity contribution in [1.29, 1.82) is 0 Å². The third kappa shape index (κ3) is 4.28. The molecule has 0 aliphatic carbocycles. The van der Waals surface area contributed by atoms with Crippen LogP contribution in [0.25, 0.3) is 0 Å². The van der Waals surface area contributed by atoms with E-state index in [0.717, 1.165) is 24.3 Å². The van der Waals surface area contributed by atoms with Crippen LogP contribution in [0, 0.1) is 10.1 Å². The summed E-state index contributed by atoms with van der Waals surface area (Å²) >= 11 is 5.59. The maximum absolute atomic E-state index is 12.8. The Morgan fingerprint density at radius 3 is 2.35 bits per heavy atom. The topological polar surface area (TPSA) is 110 Å². The predicted molar refractivity (Wildman–Crippen MR) is 84.5 cm³/mol. The number of carbonyl (C=O) groups is 2. The first-order chi connectivity index (χ1) is 12.0. The number of amides is 1. The Balaban J connectivity index is 2.40. The van der Waals surface area contributed by atoms with Crippen molar-refractivity contribution in [2.24, 2.45) is 0 Å². The molecule has 0 bridgehead atoms. The summed E-state index contributed by atoms with van der Waals surface area (Å²) in [7, 11) is 0. The molecule has 0 aliphatic heterocycles. The van der Waals surface area contributed by atoms with Gasteiger partial charge in [0.25, 0.3) is 11.6 Å². The number of alkyl halides is 3. The maximum Gasteiger partial charge on any atom is 0.416 e. The van der Waals surface area contributed by atoms with E-state index in [2.05, 4.69) is 5.32 Å². The van der Waals surface area contributed by atoms with Crippen molar-refractivity contribution in [3.63, 3.8) is 0 Å². The largest absolute Gasteiger partial charge is 0.478 e. The minimum absolute atomic E-state index is 0.318. The monoisotopic (exact) mass is 388 g/mol. The second-order valence-corrected chi connectivity index (χ2v) is 5.41. The van der Waals surface area contributed by atoms with Gasteiger partial charge in [-0.2, -0.15) is 13.2 Å². The number of carboxylic acid groups (broad SMARTS) is 1. The van der Waals surface area contributed by atoms with Gasteiger partial charge in [0.15, 0.2) is 0 Å². The lowest BCUT2D eigenvalue weighted by Gasteiger charge is -2.11. The molecule has 26 heavy (non-hydrogen) atoms. The molecule has 0 saturated heterocycles. The second kappa shape index (κ2) is 7.00. The van der Waals surface area contributed by atoms with Crippen LogP contribution in [0.3, 0.4) is 0 Å². The van der Waals surface area contributed by atoms with E-state index in [4.69, 9.17) is 16.7 Å². The van der Waals surface area contributed by atoms with Gasteiger partial charge in [-0.15, -0.1) is 0 Å². The number of rotatable bonds is 4. The zero-order chi connectivity index (χ0) is 19.6. The number of halogens is 4. The van der Waals surface area contributed by atoms with Gasteiger partial charge in [-0.3, -0.25) is 14.9 Å². The van der Waals surface area contributed by atoms with Crippen molar-refractivity contribution < 1.29 is 32.8 Å². The van der Waals surface area contributed by atoms with Gasteiger partial charge in [0.2, 0.25) is 0 Å². The molecule has 0 unspecified atom stereocenters. The minimum atomic E-state index is -4.74. The number of benzene rings is 2. The fourth-order valence-electron chi connectivity index (χ4n) is 2.01. The maximum atomic E-state index is 12.8. The van der Waals surface area contributed by atoms with Crippen LogP contribution in [0.1, 0.15) is 26.3 Å². The Bertz CT molecular complexity index is 915. The summed E-state index contributed by atoms with van der Waals surface area (Å²) in [6.07, 6.45) is -4.74. The van der Waals surface area contributed by atoms with Crippen molar-refractivity contribution in [3.05, 3.63) is 68.2 Å². The number of carboxylic acids is 1. The first-order valence-electron chi connectivity index (χ1n) is 6.70. The van der Waals surface area contributed by atoms with E-state index in [9.17, 15) is 32.9 Å². The Labute approximate surface area is 148 Å². The number of carbonyl (C=O) groups excluding carboxylic acids is 1. The Morgan fingerprint density at radius 1 is 1.15 bits per heavy atom. The number of nitro groups is 1. The SMILES string of the molecule is O=C(Nc1ccc([N+](=O)[O-])cc1C(=O)O)c1cc(Cl)cc(C(F)(F)F)c1. The Morgan fingerprint density at radius 2 is 1.81 bits per heavy atom. The van der Waals surface area contributed by atoms with Crippen molar-refractivity contribution >= 4 is 34.9 Å². The quantitative estimate of drug-likeness (QED) is 0.602. The summed E-state index contributed by atoms with van der Waals surface area (Å²) in [5, 5.41) is 21.6. The summed E-state index contributed by atoms with van der Waals surface area (Å²) in [5.41, 5.74) is -3.05. The van der Waals surface area contributed by atoms with E-state index in [-0.39, 0.29) is 10.7 Å². The second-order valence-electron chi connectivity index (χ2n) is 4.97. The van der Waals surface area contributed by atoms with Gasteiger partial charge >= 0.3 is 12.1 Å². The number of aromatic carboxylic acids is 1. The number of hydrogen-bond acceptors (Lipinski definition) is 4. The summed E-state index contributed by atoms with van der Waals surface area (Å²) in [4.78, 5) is 33.3. The molecule has 0 heterocycles. The highest BCUT2D eigenvalue weighted by Crippen LogP contribution is 2.32. The molecular formula is C15H8ClF3N2O5. The molecule has 0 aliphatic rings. The van der Waals surface area contributed by atoms with Gasteiger partial charge in [-0.1, -0.05) is 11.6 Å². The fourth-order valence-corrected chi connectivity index (χ4v) is 2.25. The average Bonchev–Trinajstić information content (AvgIpc) is 2.53. The molecule has 2 N–H and O–H groups in total. The van der Waals surface area contributed by atoms with Crippen molar-refractivity contribution in [3.8, 4) is 0 Å². The summed E-state index contributed by atoms with van der Waals surface area (Å²) < 4.78 is 38.4. The van der Waals surface area contributed by atoms with Crippen LogP contribution in [-0.2, 0) is 6.18 Å².